The number of nitrogens with zero attached hydrogens (tertiary/aromatic N) is 1. The molecule has 2 unspecified atom stereocenters. The Morgan fingerprint density at radius 1 is 1.25 bits per heavy atom. The fourth-order valence-electron chi connectivity index (χ4n) is 2.61. The highest BCUT2D eigenvalue weighted by molar-refractivity contribution is 8.07. The third-order valence-electron chi connectivity index (χ3n) is 3.64. The molecule has 0 aliphatic carbocycles. The lowest BCUT2D eigenvalue weighted by atomic mass is 10.0. The summed E-state index contributed by atoms with van der Waals surface area (Å²) in [6.07, 6.45) is 4.61. The van der Waals surface area contributed by atoms with Crippen LogP contribution in [0, 0.1) is 0 Å². The minimum atomic E-state index is 0.0753. The smallest absolute Gasteiger partial charge is 0.179 e. The SMILES string of the molecule is CCC1SCCSC1C(=O)c1cncc2ccccc12. The molecule has 2 atom stereocenters. The van der Waals surface area contributed by atoms with Gasteiger partial charge in [-0.05, 0) is 11.8 Å². The number of fused-ring (bicyclic) bond motifs is 1. The molecule has 1 aromatic carbocycles. The number of thioether (sulfide) groups is 2. The van der Waals surface area contributed by atoms with Gasteiger partial charge in [0.15, 0.2) is 5.78 Å². The molecule has 1 aliphatic rings. The molecular formula is C16H17NOS2. The number of Topliss-reactive ketones (excluding diaryl/α,β-unsaturated/α-hetero) is 1. The van der Waals surface area contributed by atoms with Crippen LogP contribution in [0.3, 0.4) is 0 Å². The first-order chi connectivity index (χ1) is 9.81. The molecule has 3 rings (SSSR count). The number of hydrogen-bond acceptors (Lipinski definition) is 4. The number of hydrogen-bond donors (Lipinski definition) is 0. The van der Waals surface area contributed by atoms with Crippen LogP contribution in [-0.4, -0.2) is 32.8 Å². The topological polar surface area (TPSA) is 30.0 Å². The van der Waals surface area contributed by atoms with E-state index in [1.807, 2.05) is 54.0 Å². The Bertz CT molecular complexity index is 623. The number of benzene rings is 1. The maximum atomic E-state index is 12.9. The van der Waals surface area contributed by atoms with Gasteiger partial charge in [-0.25, -0.2) is 0 Å². The van der Waals surface area contributed by atoms with E-state index in [1.54, 1.807) is 6.20 Å². The van der Waals surface area contributed by atoms with Crippen LogP contribution in [0.2, 0.25) is 0 Å². The first-order valence-corrected chi connectivity index (χ1v) is 9.01. The van der Waals surface area contributed by atoms with E-state index in [4.69, 9.17) is 0 Å². The van der Waals surface area contributed by atoms with Crippen molar-refractivity contribution in [2.75, 3.05) is 11.5 Å². The molecule has 1 saturated heterocycles. The number of carbonyl (C=O) groups excluding carboxylic acids is 1. The largest absolute Gasteiger partial charge is 0.293 e. The van der Waals surface area contributed by atoms with E-state index in [2.05, 4.69) is 11.9 Å². The predicted molar refractivity (Wildman–Crippen MR) is 88.9 cm³/mol. The number of pyridine rings is 1. The Kier molecular flexibility index (Phi) is 4.32. The molecule has 1 fully saturated rings. The predicted octanol–water partition coefficient (Wildman–Crippen LogP) is 4.04. The molecule has 2 nitrogen and oxygen atoms in total. The zero-order valence-electron chi connectivity index (χ0n) is 11.4. The molecule has 1 aromatic heterocycles. The van der Waals surface area contributed by atoms with Gasteiger partial charge in [-0.15, -0.1) is 11.8 Å². The summed E-state index contributed by atoms with van der Waals surface area (Å²) < 4.78 is 0. The second-order valence-electron chi connectivity index (χ2n) is 4.88. The molecule has 4 heteroatoms. The van der Waals surface area contributed by atoms with Crippen molar-refractivity contribution in [3.8, 4) is 0 Å². The Hall–Kier alpha value is -1.00. The second-order valence-corrected chi connectivity index (χ2v) is 7.48. The molecule has 2 aromatic rings. The third-order valence-corrected chi connectivity index (χ3v) is 6.89. The normalized spacial score (nSPS) is 22.9. The van der Waals surface area contributed by atoms with Crippen molar-refractivity contribution in [3.05, 3.63) is 42.2 Å². The number of aromatic nitrogens is 1. The fraction of sp³-hybridized carbons (Fsp3) is 0.375. The van der Waals surface area contributed by atoms with Crippen LogP contribution < -0.4 is 0 Å². The Labute approximate surface area is 127 Å². The maximum absolute atomic E-state index is 12.9. The monoisotopic (exact) mass is 303 g/mol. The van der Waals surface area contributed by atoms with Crippen LogP contribution in [0.4, 0.5) is 0 Å². The molecule has 2 heterocycles. The van der Waals surface area contributed by atoms with Gasteiger partial charge in [0.25, 0.3) is 0 Å². The van der Waals surface area contributed by atoms with Crippen LogP contribution in [0.15, 0.2) is 36.7 Å². The quantitative estimate of drug-likeness (QED) is 0.800. The van der Waals surface area contributed by atoms with Crippen molar-refractivity contribution in [3.63, 3.8) is 0 Å². The van der Waals surface area contributed by atoms with Gasteiger partial charge < -0.3 is 0 Å². The number of carbonyl (C=O) groups is 1. The number of rotatable bonds is 3. The summed E-state index contributed by atoms with van der Waals surface area (Å²) in [4.78, 5) is 17.2. The van der Waals surface area contributed by atoms with Crippen molar-refractivity contribution < 1.29 is 4.79 Å². The minimum Gasteiger partial charge on any atom is -0.293 e. The average molecular weight is 303 g/mol. The molecule has 0 bridgehead atoms. The Morgan fingerprint density at radius 3 is 2.90 bits per heavy atom. The summed E-state index contributed by atoms with van der Waals surface area (Å²) in [5.74, 6) is 2.47. The molecule has 0 N–H and O–H groups in total. The first-order valence-electron chi connectivity index (χ1n) is 6.91. The summed E-state index contributed by atoms with van der Waals surface area (Å²) in [5, 5.41) is 2.57. The Balaban J connectivity index is 1.99. The van der Waals surface area contributed by atoms with Crippen LogP contribution in [0.1, 0.15) is 23.7 Å². The summed E-state index contributed by atoms with van der Waals surface area (Å²) >= 11 is 3.75. The van der Waals surface area contributed by atoms with Crippen molar-refractivity contribution >= 4 is 40.1 Å². The highest BCUT2D eigenvalue weighted by Crippen LogP contribution is 2.36. The van der Waals surface area contributed by atoms with Crippen molar-refractivity contribution in [1.29, 1.82) is 0 Å². The molecule has 0 radical (unpaired) electrons. The fourth-order valence-corrected chi connectivity index (χ4v) is 5.63. The lowest BCUT2D eigenvalue weighted by Gasteiger charge is -2.28. The standard InChI is InChI=1S/C16H17NOS2/c1-2-14-16(20-8-7-19-14)15(18)13-10-17-9-11-5-3-4-6-12(11)13/h3-6,9-10,14,16H,2,7-8H2,1H3. The molecule has 20 heavy (non-hydrogen) atoms. The molecular weight excluding hydrogens is 286 g/mol. The van der Waals surface area contributed by atoms with E-state index >= 15 is 0 Å². The van der Waals surface area contributed by atoms with Gasteiger partial charge in [-0.1, -0.05) is 31.2 Å². The van der Waals surface area contributed by atoms with Gasteiger partial charge in [0.05, 0.1) is 5.25 Å². The third kappa shape index (κ3) is 2.59. The van der Waals surface area contributed by atoms with E-state index in [9.17, 15) is 4.79 Å². The van der Waals surface area contributed by atoms with E-state index < -0.39 is 0 Å². The number of ketones is 1. The van der Waals surface area contributed by atoms with Gasteiger partial charge in [0, 0.05) is 40.1 Å². The van der Waals surface area contributed by atoms with Gasteiger partial charge in [-0.2, -0.15) is 11.8 Å². The zero-order valence-corrected chi connectivity index (χ0v) is 13.0. The summed E-state index contributed by atoms with van der Waals surface area (Å²) in [6, 6.07) is 8.00. The summed E-state index contributed by atoms with van der Waals surface area (Å²) in [7, 11) is 0. The minimum absolute atomic E-state index is 0.0753. The van der Waals surface area contributed by atoms with Crippen LogP contribution in [0.5, 0.6) is 0 Å². The van der Waals surface area contributed by atoms with E-state index in [1.165, 1.54) is 0 Å². The second kappa shape index (κ2) is 6.19. The summed E-state index contributed by atoms with van der Waals surface area (Å²) in [5.41, 5.74) is 0.779. The van der Waals surface area contributed by atoms with Crippen molar-refractivity contribution in [1.82, 2.24) is 4.98 Å². The Morgan fingerprint density at radius 2 is 2.05 bits per heavy atom. The van der Waals surface area contributed by atoms with Crippen LogP contribution in [-0.2, 0) is 0 Å². The van der Waals surface area contributed by atoms with E-state index in [0.29, 0.717) is 5.25 Å². The lowest BCUT2D eigenvalue weighted by molar-refractivity contribution is 0.0989. The van der Waals surface area contributed by atoms with Gasteiger partial charge in [-0.3, -0.25) is 9.78 Å². The average Bonchev–Trinajstić information content (AvgIpc) is 2.53. The van der Waals surface area contributed by atoms with Crippen LogP contribution in [0.25, 0.3) is 10.8 Å². The van der Waals surface area contributed by atoms with Gasteiger partial charge in [0.2, 0.25) is 0 Å². The van der Waals surface area contributed by atoms with Crippen molar-refractivity contribution in [2.24, 2.45) is 0 Å². The molecule has 0 spiro atoms. The van der Waals surface area contributed by atoms with Gasteiger partial charge in [0.1, 0.15) is 0 Å². The van der Waals surface area contributed by atoms with Gasteiger partial charge >= 0.3 is 0 Å². The molecule has 0 amide bonds. The van der Waals surface area contributed by atoms with E-state index in [0.717, 1.165) is 34.3 Å². The zero-order chi connectivity index (χ0) is 13.9. The molecule has 0 saturated carbocycles. The van der Waals surface area contributed by atoms with Crippen molar-refractivity contribution in [2.45, 2.75) is 23.8 Å². The maximum Gasteiger partial charge on any atom is 0.179 e. The first kappa shape index (κ1) is 14.0. The lowest BCUT2D eigenvalue weighted by Crippen LogP contribution is -2.33. The van der Waals surface area contributed by atoms with E-state index in [-0.39, 0.29) is 11.0 Å². The highest BCUT2D eigenvalue weighted by Gasteiger charge is 2.32. The highest BCUT2D eigenvalue weighted by atomic mass is 32.2. The van der Waals surface area contributed by atoms with Crippen LogP contribution >= 0.6 is 23.5 Å². The molecule has 104 valence electrons. The molecule has 1 aliphatic heterocycles. The summed E-state index contributed by atoms with van der Waals surface area (Å²) in [6.45, 7) is 2.17.